The zero-order valence-electron chi connectivity index (χ0n) is 12.4. The number of aromatic nitrogens is 1. The molecule has 1 atom stereocenters. The average molecular weight is 291 g/mol. The van der Waals surface area contributed by atoms with Crippen molar-refractivity contribution < 1.29 is 9.90 Å². The molecule has 1 heterocycles. The summed E-state index contributed by atoms with van der Waals surface area (Å²) in [5, 5.41) is 10.4. The Balaban J connectivity index is 1.97. The van der Waals surface area contributed by atoms with Crippen LogP contribution >= 0.6 is 0 Å². The van der Waals surface area contributed by atoms with Gasteiger partial charge in [-0.2, -0.15) is 0 Å². The van der Waals surface area contributed by atoms with Crippen LogP contribution in [0.25, 0.3) is 10.9 Å². The third-order valence-electron chi connectivity index (χ3n) is 3.90. The summed E-state index contributed by atoms with van der Waals surface area (Å²) in [7, 11) is 0. The molecule has 22 heavy (non-hydrogen) atoms. The quantitative estimate of drug-likeness (QED) is 0.728. The maximum absolute atomic E-state index is 12.8. The molecule has 0 aliphatic carbocycles. The predicted molar refractivity (Wildman–Crippen MR) is 87.2 cm³/mol. The molecular formula is C19H17NO2. The van der Waals surface area contributed by atoms with Gasteiger partial charge in [-0.15, -0.1) is 0 Å². The fourth-order valence-electron chi connectivity index (χ4n) is 2.69. The van der Waals surface area contributed by atoms with Gasteiger partial charge >= 0.3 is 0 Å². The number of phenolic OH excluding ortho intramolecular Hbond substituents is 1. The van der Waals surface area contributed by atoms with Crippen molar-refractivity contribution in [3.63, 3.8) is 0 Å². The molecule has 0 radical (unpaired) electrons. The Labute approximate surface area is 129 Å². The molecule has 110 valence electrons. The molecule has 1 aromatic heterocycles. The van der Waals surface area contributed by atoms with Crippen LogP contribution in [0.4, 0.5) is 0 Å². The number of carbonyl (C=O) groups excluding carboxylic acids is 1. The van der Waals surface area contributed by atoms with Crippen molar-refractivity contribution >= 4 is 16.7 Å². The van der Waals surface area contributed by atoms with Crippen LogP contribution in [0.2, 0.25) is 0 Å². The molecule has 0 aliphatic rings. The summed E-state index contributed by atoms with van der Waals surface area (Å²) in [5.41, 5.74) is 2.42. The van der Waals surface area contributed by atoms with Gasteiger partial charge < -0.3 is 5.11 Å². The second-order valence-electron chi connectivity index (χ2n) is 5.33. The van der Waals surface area contributed by atoms with Crippen molar-refractivity contribution in [1.29, 1.82) is 0 Å². The fourth-order valence-corrected chi connectivity index (χ4v) is 2.69. The smallest absolute Gasteiger partial charge is 0.171 e. The standard InChI is InChI=1S/C19H17NO2/c1-2-17(13-7-9-16(21)10-8-13)19(22)15-11-14-5-3-4-6-18(14)20-12-15/h3-12,17,21H,2H2,1H3. The Morgan fingerprint density at radius 2 is 1.86 bits per heavy atom. The lowest BCUT2D eigenvalue weighted by molar-refractivity contribution is 0.0957. The first-order valence-electron chi connectivity index (χ1n) is 7.37. The number of benzene rings is 2. The SMILES string of the molecule is CCC(C(=O)c1cnc2ccccc2c1)c1ccc(O)cc1. The number of ketones is 1. The molecule has 3 nitrogen and oxygen atoms in total. The summed E-state index contributed by atoms with van der Waals surface area (Å²) in [6, 6.07) is 16.5. The van der Waals surface area contributed by atoms with E-state index in [1.807, 2.05) is 37.3 Å². The van der Waals surface area contributed by atoms with Gasteiger partial charge in [0.2, 0.25) is 0 Å². The monoisotopic (exact) mass is 291 g/mol. The van der Waals surface area contributed by atoms with Gasteiger partial charge in [0.25, 0.3) is 0 Å². The van der Waals surface area contributed by atoms with Crippen LogP contribution in [0, 0.1) is 0 Å². The molecule has 0 bridgehead atoms. The first kappa shape index (κ1) is 14.3. The van der Waals surface area contributed by atoms with Crippen LogP contribution < -0.4 is 0 Å². The summed E-state index contributed by atoms with van der Waals surface area (Å²) in [5.74, 6) is 0.0495. The van der Waals surface area contributed by atoms with E-state index in [0.29, 0.717) is 12.0 Å². The van der Waals surface area contributed by atoms with Crippen molar-refractivity contribution in [3.05, 3.63) is 71.9 Å². The lowest BCUT2D eigenvalue weighted by Crippen LogP contribution is -2.12. The summed E-state index contributed by atoms with van der Waals surface area (Å²) in [4.78, 5) is 17.2. The van der Waals surface area contributed by atoms with Crippen molar-refractivity contribution in [3.8, 4) is 5.75 Å². The summed E-state index contributed by atoms with van der Waals surface area (Å²) in [6.45, 7) is 1.99. The third-order valence-corrected chi connectivity index (χ3v) is 3.90. The Morgan fingerprint density at radius 3 is 2.59 bits per heavy atom. The lowest BCUT2D eigenvalue weighted by Gasteiger charge is -2.14. The molecule has 3 heteroatoms. The molecule has 2 aromatic carbocycles. The Hall–Kier alpha value is -2.68. The van der Waals surface area contributed by atoms with Gasteiger partial charge in [-0.05, 0) is 36.2 Å². The number of para-hydroxylation sites is 1. The van der Waals surface area contributed by atoms with E-state index < -0.39 is 0 Å². The zero-order valence-corrected chi connectivity index (χ0v) is 12.4. The number of rotatable bonds is 4. The summed E-state index contributed by atoms with van der Waals surface area (Å²) >= 11 is 0. The average Bonchev–Trinajstić information content (AvgIpc) is 2.56. The summed E-state index contributed by atoms with van der Waals surface area (Å²) < 4.78 is 0. The third kappa shape index (κ3) is 2.70. The van der Waals surface area contributed by atoms with E-state index in [1.54, 1.807) is 30.5 Å². The van der Waals surface area contributed by atoms with E-state index in [9.17, 15) is 9.90 Å². The van der Waals surface area contributed by atoms with Crippen LogP contribution in [-0.2, 0) is 0 Å². The zero-order chi connectivity index (χ0) is 15.5. The number of aromatic hydroxyl groups is 1. The van der Waals surface area contributed by atoms with Gasteiger partial charge in [0.1, 0.15) is 5.75 Å². The van der Waals surface area contributed by atoms with Crippen LogP contribution in [0.5, 0.6) is 5.75 Å². The highest BCUT2D eigenvalue weighted by Crippen LogP contribution is 2.26. The Kier molecular flexibility index (Phi) is 3.88. The second-order valence-corrected chi connectivity index (χ2v) is 5.33. The van der Waals surface area contributed by atoms with Crippen molar-refractivity contribution in [2.75, 3.05) is 0 Å². The molecular weight excluding hydrogens is 274 g/mol. The number of hydrogen-bond donors (Lipinski definition) is 1. The molecule has 0 saturated heterocycles. The molecule has 0 spiro atoms. The largest absolute Gasteiger partial charge is 0.508 e. The van der Waals surface area contributed by atoms with E-state index in [0.717, 1.165) is 16.5 Å². The number of fused-ring (bicyclic) bond motifs is 1. The number of hydrogen-bond acceptors (Lipinski definition) is 3. The summed E-state index contributed by atoms with van der Waals surface area (Å²) in [6.07, 6.45) is 2.35. The molecule has 0 amide bonds. The number of pyridine rings is 1. The molecule has 0 fully saturated rings. The van der Waals surface area contributed by atoms with Crippen LogP contribution in [0.15, 0.2) is 60.8 Å². The minimum absolute atomic E-state index is 0.0615. The number of phenols is 1. The molecule has 3 aromatic rings. The van der Waals surface area contributed by atoms with Gasteiger partial charge in [-0.25, -0.2) is 0 Å². The topological polar surface area (TPSA) is 50.2 Å². The number of carbonyl (C=O) groups is 1. The van der Waals surface area contributed by atoms with Crippen molar-refractivity contribution in [1.82, 2.24) is 4.98 Å². The van der Waals surface area contributed by atoms with Crippen LogP contribution in [0.1, 0.15) is 35.2 Å². The first-order valence-corrected chi connectivity index (χ1v) is 7.37. The van der Waals surface area contributed by atoms with Gasteiger partial charge in [-0.1, -0.05) is 37.3 Å². The Bertz CT molecular complexity index is 809. The number of Topliss-reactive ketones (excluding diaryl/α,β-unsaturated/α-hetero) is 1. The molecule has 1 unspecified atom stereocenters. The molecule has 1 N–H and O–H groups in total. The first-order chi connectivity index (χ1) is 10.7. The fraction of sp³-hybridized carbons (Fsp3) is 0.158. The highest BCUT2D eigenvalue weighted by atomic mass is 16.3. The van der Waals surface area contributed by atoms with Gasteiger partial charge in [0.05, 0.1) is 5.52 Å². The van der Waals surface area contributed by atoms with Crippen LogP contribution in [0.3, 0.4) is 0 Å². The van der Waals surface area contributed by atoms with E-state index in [2.05, 4.69) is 4.98 Å². The normalized spacial score (nSPS) is 12.2. The Morgan fingerprint density at radius 1 is 1.14 bits per heavy atom. The van der Waals surface area contributed by atoms with E-state index in [4.69, 9.17) is 0 Å². The van der Waals surface area contributed by atoms with Gasteiger partial charge in [0, 0.05) is 23.1 Å². The predicted octanol–water partition coefficient (Wildman–Crippen LogP) is 4.32. The molecule has 3 rings (SSSR count). The maximum atomic E-state index is 12.8. The number of nitrogens with zero attached hydrogens (tertiary/aromatic N) is 1. The van der Waals surface area contributed by atoms with E-state index in [-0.39, 0.29) is 17.5 Å². The van der Waals surface area contributed by atoms with E-state index >= 15 is 0 Å². The van der Waals surface area contributed by atoms with Crippen molar-refractivity contribution in [2.45, 2.75) is 19.3 Å². The van der Waals surface area contributed by atoms with Crippen LogP contribution in [-0.4, -0.2) is 15.9 Å². The highest BCUT2D eigenvalue weighted by Gasteiger charge is 2.20. The van der Waals surface area contributed by atoms with E-state index in [1.165, 1.54) is 0 Å². The van der Waals surface area contributed by atoms with Gasteiger partial charge in [-0.3, -0.25) is 9.78 Å². The van der Waals surface area contributed by atoms with Crippen molar-refractivity contribution in [2.24, 2.45) is 0 Å². The highest BCUT2D eigenvalue weighted by molar-refractivity contribution is 6.02. The lowest BCUT2D eigenvalue weighted by atomic mass is 9.89. The minimum atomic E-state index is -0.219. The second kappa shape index (κ2) is 5.98. The van der Waals surface area contributed by atoms with Gasteiger partial charge in [0.15, 0.2) is 5.78 Å². The minimum Gasteiger partial charge on any atom is -0.508 e. The molecule has 0 saturated carbocycles. The maximum Gasteiger partial charge on any atom is 0.171 e. The molecule has 0 aliphatic heterocycles.